The number of nitrogens with zero attached hydrogens (tertiary/aromatic N) is 7. The zero-order chi connectivity index (χ0) is 17.0. The fourth-order valence-electron chi connectivity index (χ4n) is 2.42. The van der Waals surface area contributed by atoms with Crippen molar-refractivity contribution in [2.75, 3.05) is 13.6 Å². The zero-order valence-corrected chi connectivity index (χ0v) is 14.8. The van der Waals surface area contributed by atoms with Gasteiger partial charge in [0.15, 0.2) is 5.96 Å². The fraction of sp³-hybridized carbons (Fsp3) is 0.600. The van der Waals surface area contributed by atoms with E-state index in [1.807, 2.05) is 32.7 Å². The molecule has 2 aromatic heterocycles. The molecular formula is C15H26N8. The van der Waals surface area contributed by atoms with E-state index in [4.69, 9.17) is 4.99 Å². The molecule has 0 unspecified atom stereocenters. The summed E-state index contributed by atoms with van der Waals surface area (Å²) in [7, 11) is 5.85. The molecule has 0 fully saturated rings. The minimum Gasteiger partial charge on any atom is -0.357 e. The highest BCUT2D eigenvalue weighted by Crippen LogP contribution is 2.13. The van der Waals surface area contributed by atoms with Gasteiger partial charge in [-0.25, -0.2) is 9.98 Å². The van der Waals surface area contributed by atoms with Gasteiger partial charge in [0, 0.05) is 38.9 Å². The summed E-state index contributed by atoms with van der Waals surface area (Å²) in [6.45, 7) is 8.22. The standard InChI is InChI=1S/C15H26N8/c1-7-16-15(21(4)9-14-18-10-19-23(14)6)17-8-13-11(2)20-22(5)12(13)3/h10H,7-9H2,1-6H3,(H,16,17). The molecule has 1 N–H and O–H groups in total. The predicted octanol–water partition coefficient (Wildman–Crippen LogP) is 0.763. The Morgan fingerprint density at radius 2 is 2.04 bits per heavy atom. The highest BCUT2D eigenvalue weighted by Gasteiger charge is 2.12. The van der Waals surface area contributed by atoms with E-state index < -0.39 is 0 Å². The Hall–Kier alpha value is -2.38. The molecule has 0 saturated heterocycles. The van der Waals surface area contributed by atoms with Crippen LogP contribution in [0, 0.1) is 13.8 Å². The Balaban J connectivity index is 2.15. The monoisotopic (exact) mass is 318 g/mol. The highest BCUT2D eigenvalue weighted by molar-refractivity contribution is 5.79. The van der Waals surface area contributed by atoms with Crippen molar-refractivity contribution in [1.29, 1.82) is 0 Å². The van der Waals surface area contributed by atoms with E-state index in [0.29, 0.717) is 13.1 Å². The number of aryl methyl sites for hydroxylation is 3. The quantitative estimate of drug-likeness (QED) is 0.651. The van der Waals surface area contributed by atoms with Crippen LogP contribution >= 0.6 is 0 Å². The molecule has 0 aliphatic carbocycles. The Bertz CT molecular complexity index is 682. The fourth-order valence-corrected chi connectivity index (χ4v) is 2.42. The Labute approximate surface area is 137 Å². The lowest BCUT2D eigenvalue weighted by molar-refractivity contribution is 0.448. The number of hydrogen-bond donors (Lipinski definition) is 1. The van der Waals surface area contributed by atoms with Crippen LogP contribution < -0.4 is 5.32 Å². The molecule has 0 bridgehead atoms. The first-order valence-electron chi connectivity index (χ1n) is 7.75. The SMILES string of the molecule is CCNC(=NCc1c(C)nn(C)c1C)N(C)Cc1ncnn1C. The smallest absolute Gasteiger partial charge is 0.194 e. The number of nitrogens with one attached hydrogen (secondary N) is 1. The molecule has 8 nitrogen and oxygen atoms in total. The van der Waals surface area contributed by atoms with Gasteiger partial charge < -0.3 is 10.2 Å². The largest absolute Gasteiger partial charge is 0.357 e. The number of aliphatic imine (C=N–C) groups is 1. The van der Waals surface area contributed by atoms with Gasteiger partial charge in [0.2, 0.25) is 0 Å². The Morgan fingerprint density at radius 3 is 2.57 bits per heavy atom. The van der Waals surface area contributed by atoms with Crippen LogP contribution in [0.2, 0.25) is 0 Å². The molecule has 0 aliphatic heterocycles. The maximum atomic E-state index is 4.75. The van der Waals surface area contributed by atoms with Crippen molar-refractivity contribution in [2.45, 2.75) is 33.9 Å². The Morgan fingerprint density at radius 1 is 1.30 bits per heavy atom. The molecule has 0 radical (unpaired) electrons. The van der Waals surface area contributed by atoms with E-state index >= 15 is 0 Å². The minimum atomic E-state index is 0.608. The average Bonchev–Trinajstić information content (AvgIpc) is 3.00. The van der Waals surface area contributed by atoms with E-state index in [1.165, 1.54) is 5.56 Å². The summed E-state index contributed by atoms with van der Waals surface area (Å²) < 4.78 is 3.67. The van der Waals surface area contributed by atoms with E-state index in [2.05, 4.69) is 39.2 Å². The summed E-state index contributed by atoms with van der Waals surface area (Å²) in [6, 6.07) is 0. The van der Waals surface area contributed by atoms with Crippen LogP contribution in [0.25, 0.3) is 0 Å². The molecule has 8 heteroatoms. The van der Waals surface area contributed by atoms with Gasteiger partial charge in [0.05, 0.1) is 18.8 Å². The van der Waals surface area contributed by atoms with Crippen molar-refractivity contribution < 1.29 is 0 Å². The maximum absolute atomic E-state index is 4.75. The van der Waals surface area contributed by atoms with Crippen LogP contribution in [0.3, 0.4) is 0 Å². The Kier molecular flexibility index (Phi) is 5.36. The van der Waals surface area contributed by atoms with Gasteiger partial charge in [-0.2, -0.15) is 10.2 Å². The first-order valence-corrected chi connectivity index (χ1v) is 7.75. The van der Waals surface area contributed by atoms with Gasteiger partial charge in [-0.15, -0.1) is 0 Å². The predicted molar refractivity (Wildman–Crippen MR) is 90.0 cm³/mol. The van der Waals surface area contributed by atoms with Gasteiger partial charge in [-0.1, -0.05) is 0 Å². The number of rotatable bonds is 5. The number of guanidine groups is 1. The van der Waals surface area contributed by atoms with Gasteiger partial charge in [0.1, 0.15) is 12.2 Å². The maximum Gasteiger partial charge on any atom is 0.194 e. The third-order valence-electron chi connectivity index (χ3n) is 3.93. The van der Waals surface area contributed by atoms with Crippen LogP contribution in [-0.4, -0.2) is 49.0 Å². The number of hydrogen-bond acceptors (Lipinski definition) is 4. The molecule has 126 valence electrons. The molecule has 0 amide bonds. The summed E-state index contributed by atoms with van der Waals surface area (Å²) in [5.41, 5.74) is 3.36. The lowest BCUT2D eigenvalue weighted by Gasteiger charge is -2.21. The zero-order valence-electron chi connectivity index (χ0n) is 14.8. The lowest BCUT2D eigenvalue weighted by atomic mass is 10.2. The lowest BCUT2D eigenvalue weighted by Crippen LogP contribution is -2.39. The third-order valence-corrected chi connectivity index (χ3v) is 3.93. The molecule has 2 heterocycles. The summed E-state index contributed by atoms with van der Waals surface area (Å²) in [5, 5.41) is 11.9. The molecule has 0 aromatic carbocycles. The summed E-state index contributed by atoms with van der Waals surface area (Å²) >= 11 is 0. The van der Waals surface area contributed by atoms with Crippen molar-refractivity contribution in [2.24, 2.45) is 19.1 Å². The molecule has 0 saturated carbocycles. The normalized spacial score (nSPS) is 11.8. The topological polar surface area (TPSA) is 76.2 Å². The summed E-state index contributed by atoms with van der Waals surface area (Å²) in [6.07, 6.45) is 1.57. The highest BCUT2D eigenvalue weighted by atomic mass is 15.4. The summed E-state index contributed by atoms with van der Waals surface area (Å²) in [5.74, 6) is 1.74. The van der Waals surface area contributed by atoms with Gasteiger partial charge in [-0.3, -0.25) is 9.36 Å². The van der Waals surface area contributed by atoms with Crippen molar-refractivity contribution in [3.63, 3.8) is 0 Å². The van der Waals surface area contributed by atoms with Gasteiger partial charge >= 0.3 is 0 Å². The van der Waals surface area contributed by atoms with Crippen LogP contribution in [0.4, 0.5) is 0 Å². The van der Waals surface area contributed by atoms with Crippen LogP contribution in [-0.2, 0) is 27.2 Å². The molecule has 2 aromatic rings. The molecule has 2 rings (SSSR count). The first-order chi connectivity index (χ1) is 10.9. The van der Waals surface area contributed by atoms with E-state index in [1.54, 1.807) is 11.0 Å². The average molecular weight is 318 g/mol. The second-order valence-electron chi connectivity index (χ2n) is 5.60. The molecule has 23 heavy (non-hydrogen) atoms. The van der Waals surface area contributed by atoms with Crippen LogP contribution in [0.5, 0.6) is 0 Å². The van der Waals surface area contributed by atoms with Gasteiger partial charge in [0.25, 0.3) is 0 Å². The van der Waals surface area contributed by atoms with Crippen molar-refractivity contribution in [1.82, 2.24) is 34.8 Å². The number of aromatic nitrogens is 5. The van der Waals surface area contributed by atoms with E-state index in [9.17, 15) is 0 Å². The minimum absolute atomic E-state index is 0.608. The van der Waals surface area contributed by atoms with Crippen LogP contribution in [0.15, 0.2) is 11.3 Å². The van der Waals surface area contributed by atoms with E-state index in [0.717, 1.165) is 29.7 Å². The molecular weight excluding hydrogens is 292 g/mol. The third kappa shape index (κ3) is 3.88. The van der Waals surface area contributed by atoms with Crippen molar-refractivity contribution >= 4 is 5.96 Å². The van der Waals surface area contributed by atoms with Crippen LogP contribution in [0.1, 0.15) is 29.7 Å². The second-order valence-corrected chi connectivity index (χ2v) is 5.60. The molecule has 0 atom stereocenters. The van der Waals surface area contributed by atoms with E-state index in [-0.39, 0.29) is 0 Å². The summed E-state index contributed by atoms with van der Waals surface area (Å²) in [4.78, 5) is 11.1. The second kappa shape index (κ2) is 7.26. The molecule has 0 aliphatic rings. The molecule has 0 spiro atoms. The van der Waals surface area contributed by atoms with Crippen molar-refractivity contribution in [3.05, 3.63) is 29.1 Å². The first kappa shape index (κ1) is 17.0. The van der Waals surface area contributed by atoms with Crippen molar-refractivity contribution in [3.8, 4) is 0 Å². The van der Waals surface area contributed by atoms with Gasteiger partial charge in [-0.05, 0) is 20.8 Å².